The van der Waals surface area contributed by atoms with Gasteiger partial charge in [0.2, 0.25) is 0 Å². The largest absolute Gasteiger partial charge is 0.308 e. The lowest BCUT2D eigenvalue weighted by molar-refractivity contribution is 0.0988. The van der Waals surface area contributed by atoms with E-state index in [-0.39, 0.29) is 22.8 Å². The molecule has 2 rings (SSSR count). The van der Waals surface area contributed by atoms with Gasteiger partial charge in [0.15, 0.2) is 11.6 Å². The molecule has 0 N–H and O–H groups in total. The second-order valence-corrected chi connectivity index (χ2v) is 4.68. The van der Waals surface area contributed by atoms with Crippen LogP contribution in [0.3, 0.4) is 0 Å². The summed E-state index contributed by atoms with van der Waals surface area (Å²) in [6.45, 7) is 1.90. The lowest BCUT2D eigenvalue weighted by Crippen LogP contribution is -2.31. The zero-order valence-electron chi connectivity index (χ0n) is 11.0. The van der Waals surface area contributed by atoms with E-state index in [0.717, 1.165) is 24.3 Å². The van der Waals surface area contributed by atoms with E-state index in [9.17, 15) is 18.0 Å². The number of halogens is 4. The third kappa shape index (κ3) is 3.19. The fourth-order valence-electron chi connectivity index (χ4n) is 1.90. The molecular formula is C15H11ClF3NO. The van der Waals surface area contributed by atoms with Gasteiger partial charge in [-0.1, -0.05) is 11.6 Å². The monoisotopic (exact) mass is 313 g/mol. The SMILES string of the molecule is CCN(C(=O)c1ccc(F)cc1Cl)c1ccc(F)c(F)c1. The number of carbonyl (C=O) groups excluding carboxylic acids is 1. The highest BCUT2D eigenvalue weighted by Gasteiger charge is 2.20. The lowest BCUT2D eigenvalue weighted by atomic mass is 10.1. The molecule has 0 aromatic heterocycles. The molecule has 0 aliphatic carbocycles. The molecule has 0 fully saturated rings. The number of anilines is 1. The smallest absolute Gasteiger partial charge is 0.259 e. The van der Waals surface area contributed by atoms with Crippen molar-refractivity contribution >= 4 is 23.2 Å². The Kier molecular flexibility index (Phi) is 4.53. The van der Waals surface area contributed by atoms with Crippen LogP contribution in [-0.4, -0.2) is 12.5 Å². The second kappa shape index (κ2) is 6.18. The molecule has 0 saturated carbocycles. The number of carbonyl (C=O) groups is 1. The van der Waals surface area contributed by atoms with Gasteiger partial charge in [-0.15, -0.1) is 0 Å². The highest BCUT2D eigenvalue weighted by atomic mass is 35.5. The molecule has 2 aromatic carbocycles. The Morgan fingerprint density at radius 2 is 1.81 bits per heavy atom. The Hall–Kier alpha value is -2.01. The van der Waals surface area contributed by atoms with Crippen molar-refractivity contribution in [2.75, 3.05) is 11.4 Å². The summed E-state index contributed by atoms with van der Waals surface area (Å²) in [5, 5.41) is -0.0407. The molecule has 1 amide bonds. The molecule has 0 unspecified atom stereocenters. The Bertz CT molecular complexity index is 691. The van der Waals surface area contributed by atoms with E-state index in [4.69, 9.17) is 11.6 Å². The average Bonchev–Trinajstić information content (AvgIpc) is 2.43. The summed E-state index contributed by atoms with van der Waals surface area (Å²) >= 11 is 5.85. The van der Waals surface area contributed by atoms with Gasteiger partial charge in [0.1, 0.15) is 5.82 Å². The van der Waals surface area contributed by atoms with Crippen molar-refractivity contribution in [1.82, 2.24) is 0 Å². The normalized spacial score (nSPS) is 10.5. The Morgan fingerprint density at radius 3 is 2.38 bits per heavy atom. The summed E-state index contributed by atoms with van der Waals surface area (Å²) in [6.07, 6.45) is 0. The highest BCUT2D eigenvalue weighted by molar-refractivity contribution is 6.34. The van der Waals surface area contributed by atoms with Crippen LogP contribution in [0.1, 0.15) is 17.3 Å². The van der Waals surface area contributed by atoms with Gasteiger partial charge in [0.05, 0.1) is 10.6 Å². The summed E-state index contributed by atoms with van der Waals surface area (Å²) in [5.74, 6) is -3.13. The van der Waals surface area contributed by atoms with Crippen LogP contribution in [0, 0.1) is 17.5 Å². The summed E-state index contributed by atoms with van der Waals surface area (Å²) in [6, 6.07) is 6.53. The standard InChI is InChI=1S/C15H11ClF3NO/c1-2-20(10-4-6-13(18)14(19)8-10)15(21)11-5-3-9(17)7-12(11)16/h3-8H,2H2,1H3. The number of hydrogen-bond acceptors (Lipinski definition) is 1. The molecule has 0 heterocycles. The molecule has 21 heavy (non-hydrogen) atoms. The second-order valence-electron chi connectivity index (χ2n) is 4.27. The van der Waals surface area contributed by atoms with Crippen molar-refractivity contribution in [2.24, 2.45) is 0 Å². The van der Waals surface area contributed by atoms with Gasteiger partial charge in [-0.2, -0.15) is 0 Å². The molecule has 0 bridgehead atoms. The van der Waals surface area contributed by atoms with Gasteiger partial charge in [-0.3, -0.25) is 4.79 Å². The summed E-state index contributed by atoms with van der Waals surface area (Å²) in [4.78, 5) is 13.6. The van der Waals surface area contributed by atoms with Crippen molar-refractivity contribution in [3.63, 3.8) is 0 Å². The van der Waals surface area contributed by atoms with Gasteiger partial charge in [0, 0.05) is 18.3 Å². The fourth-order valence-corrected chi connectivity index (χ4v) is 2.15. The molecule has 6 heteroatoms. The molecule has 0 aliphatic heterocycles. The molecule has 0 radical (unpaired) electrons. The van der Waals surface area contributed by atoms with Crippen molar-refractivity contribution in [2.45, 2.75) is 6.92 Å². The highest BCUT2D eigenvalue weighted by Crippen LogP contribution is 2.24. The molecule has 0 saturated heterocycles. The van der Waals surface area contributed by atoms with E-state index < -0.39 is 23.4 Å². The minimum absolute atomic E-state index is 0.0407. The van der Waals surface area contributed by atoms with E-state index in [0.29, 0.717) is 0 Å². The minimum atomic E-state index is -1.05. The molecule has 0 aliphatic rings. The van der Waals surface area contributed by atoms with E-state index in [1.165, 1.54) is 17.0 Å². The maximum absolute atomic E-state index is 13.3. The van der Waals surface area contributed by atoms with Gasteiger partial charge in [-0.05, 0) is 37.3 Å². The van der Waals surface area contributed by atoms with E-state index in [1.807, 2.05) is 0 Å². The third-order valence-corrected chi connectivity index (χ3v) is 3.25. The number of rotatable bonds is 3. The number of amides is 1. The van der Waals surface area contributed by atoms with E-state index >= 15 is 0 Å². The van der Waals surface area contributed by atoms with Crippen molar-refractivity contribution in [3.05, 3.63) is 64.4 Å². The molecule has 2 nitrogen and oxygen atoms in total. The van der Waals surface area contributed by atoms with Crippen molar-refractivity contribution < 1.29 is 18.0 Å². The topological polar surface area (TPSA) is 20.3 Å². The van der Waals surface area contributed by atoms with Crippen molar-refractivity contribution in [1.29, 1.82) is 0 Å². The van der Waals surface area contributed by atoms with Crippen LogP contribution in [0.25, 0.3) is 0 Å². The van der Waals surface area contributed by atoms with Crippen molar-refractivity contribution in [3.8, 4) is 0 Å². The Balaban J connectivity index is 2.40. The summed E-state index contributed by atoms with van der Waals surface area (Å²) < 4.78 is 39.3. The van der Waals surface area contributed by atoms with Crippen LogP contribution in [-0.2, 0) is 0 Å². The molecule has 110 valence electrons. The van der Waals surface area contributed by atoms with E-state index in [2.05, 4.69) is 0 Å². The maximum atomic E-state index is 13.3. The van der Waals surface area contributed by atoms with Crippen LogP contribution in [0.15, 0.2) is 36.4 Å². The van der Waals surface area contributed by atoms with Crippen LogP contribution >= 0.6 is 11.6 Å². The first-order chi connectivity index (χ1) is 9.93. The predicted octanol–water partition coefficient (Wildman–Crippen LogP) is 4.42. The number of hydrogen-bond donors (Lipinski definition) is 0. The molecule has 0 atom stereocenters. The van der Waals surface area contributed by atoms with Crippen LogP contribution in [0.5, 0.6) is 0 Å². The zero-order valence-corrected chi connectivity index (χ0v) is 11.8. The first kappa shape index (κ1) is 15.4. The number of nitrogens with zero attached hydrogens (tertiary/aromatic N) is 1. The van der Waals surface area contributed by atoms with Gasteiger partial charge in [0.25, 0.3) is 5.91 Å². The Morgan fingerprint density at radius 1 is 1.10 bits per heavy atom. The van der Waals surface area contributed by atoms with E-state index in [1.54, 1.807) is 6.92 Å². The summed E-state index contributed by atoms with van der Waals surface area (Å²) in [5.41, 5.74) is 0.284. The fraction of sp³-hybridized carbons (Fsp3) is 0.133. The zero-order chi connectivity index (χ0) is 15.6. The van der Waals surface area contributed by atoms with Crippen LogP contribution in [0.2, 0.25) is 5.02 Å². The number of benzene rings is 2. The first-order valence-corrected chi connectivity index (χ1v) is 6.53. The van der Waals surface area contributed by atoms with Crippen LogP contribution < -0.4 is 4.90 Å². The third-order valence-electron chi connectivity index (χ3n) is 2.94. The van der Waals surface area contributed by atoms with Gasteiger partial charge < -0.3 is 4.90 Å². The average molecular weight is 314 g/mol. The molecule has 0 spiro atoms. The first-order valence-electron chi connectivity index (χ1n) is 6.16. The molecule has 2 aromatic rings. The van der Waals surface area contributed by atoms with Gasteiger partial charge >= 0.3 is 0 Å². The quantitative estimate of drug-likeness (QED) is 0.821. The van der Waals surface area contributed by atoms with Crippen LogP contribution in [0.4, 0.5) is 18.9 Å². The molecular weight excluding hydrogens is 303 g/mol. The predicted molar refractivity (Wildman–Crippen MR) is 75.1 cm³/mol. The lowest BCUT2D eigenvalue weighted by Gasteiger charge is -2.21. The Labute approximate surface area is 124 Å². The van der Waals surface area contributed by atoms with Gasteiger partial charge in [-0.25, -0.2) is 13.2 Å². The maximum Gasteiger partial charge on any atom is 0.259 e. The summed E-state index contributed by atoms with van der Waals surface area (Å²) in [7, 11) is 0. The minimum Gasteiger partial charge on any atom is -0.308 e.